The van der Waals surface area contributed by atoms with Crippen molar-refractivity contribution in [3.63, 3.8) is 0 Å². The molecule has 0 aromatic rings. The summed E-state index contributed by atoms with van der Waals surface area (Å²) in [5.74, 6) is 0.452. The van der Waals surface area contributed by atoms with Gasteiger partial charge in [0.15, 0.2) is 0 Å². The van der Waals surface area contributed by atoms with Crippen LogP contribution in [0.3, 0.4) is 0 Å². The lowest BCUT2D eigenvalue weighted by atomic mass is 10.0. The molecule has 0 heterocycles. The van der Waals surface area contributed by atoms with E-state index in [0.29, 0.717) is 19.1 Å². The molecule has 4 heteroatoms. The van der Waals surface area contributed by atoms with Crippen molar-refractivity contribution in [3.8, 4) is 0 Å². The predicted octanol–water partition coefficient (Wildman–Crippen LogP) is 1.44. The van der Waals surface area contributed by atoms with Crippen molar-refractivity contribution < 1.29 is 9.53 Å². The highest BCUT2D eigenvalue weighted by molar-refractivity contribution is 5.80. The fourth-order valence-corrected chi connectivity index (χ4v) is 2.29. The molecule has 0 aromatic carbocycles. The number of hydrogen-bond acceptors (Lipinski definition) is 3. The maximum absolute atomic E-state index is 11.9. The summed E-state index contributed by atoms with van der Waals surface area (Å²) in [5, 5.41) is 3.06. The molecule has 1 rings (SSSR count). The first-order valence-corrected chi connectivity index (χ1v) is 6.81. The van der Waals surface area contributed by atoms with Crippen molar-refractivity contribution in [1.29, 1.82) is 0 Å². The Labute approximate surface area is 104 Å². The number of amides is 1. The van der Waals surface area contributed by atoms with Crippen LogP contribution in [0.2, 0.25) is 0 Å². The molecule has 0 saturated heterocycles. The van der Waals surface area contributed by atoms with Crippen molar-refractivity contribution in [1.82, 2.24) is 5.32 Å². The summed E-state index contributed by atoms with van der Waals surface area (Å²) in [7, 11) is 0. The highest BCUT2D eigenvalue weighted by Crippen LogP contribution is 2.24. The van der Waals surface area contributed by atoms with Crippen molar-refractivity contribution >= 4 is 5.91 Å². The molecule has 1 aliphatic rings. The van der Waals surface area contributed by atoms with Gasteiger partial charge in [-0.3, -0.25) is 4.79 Å². The van der Waals surface area contributed by atoms with Crippen LogP contribution in [0.1, 0.15) is 46.0 Å². The van der Waals surface area contributed by atoms with Gasteiger partial charge in [0.1, 0.15) is 6.10 Å². The van der Waals surface area contributed by atoms with Crippen molar-refractivity contribution in [2.75, 3.05) is 13.2 Å². The van der Waals surface area contributed by atoms with Crippen LogP contribution in [-0.4, -0.2) is 31.2 Å². The Morgan fingerprint density at radius 1 is 1.53 bits per heavy atom. The summed E-state index contributed by atoms with van der Waals surface area (Å²) in [4.78, 5) is 11.9. The van der Waals surface area contributed by atoms with E-state index in [-0.39, 0.29) is 18.1 Å². The van der Waals surface area contributed by atoms with Crippen molar-refractivity contribution in [2.45, 2.75) is 58.1 Å². The standard InChI is InChI=1S/C13H26N2O2/c1-3-4-8-17-10(2)13(16)15-12-7-5-6-11(12)9-14/h10-12H,3-9,14H2,1-2H3,(H,15,16). The summed E-state index contributed by atoms with van der Waals surface area (Å²) in [6.45, 7) is 5.25. The number of nitrogens with two attached hydrogens (primary N) is 1. The molecule has 1 saturated carbocycles. The highest BCUT2D eigenvalue weighted by atomic mass is 16.5. The van der Waals surface area contributed by atoms with Crippen LogP contribution in [-0.2, 0) is 9.53 Å². The van der Waals surface area contributed by atoms with Gasteiger partial charge in [0.25, 0.3) is 0 Å². The van der Waals surface area contributed by atoms with E-state index in [4.69, 9.17) is 10.5 Å². The quantitative estimate of drug-likeness (QED) is 0.664. The Morgan fingerprint density at radius 3 is 2.94 bits per heavy atom. The van der Waals surface area contributed by atoms with Gasteiger partial charge in [-0.1, -0.05) is 19.8 Å². The number of carbonyl (C=O) groups is 1. The Bertz CT molecular complexity index is 233. The number of carbonyl (C=O) groups excluding carboxylic acids is 1. The average molecular weight is 242 g/mol. The first-order valence-electron chi connectivity index (χ1n) is 6.81. The minimum absolute atomic E-state index is 0.00598. The van der Waals surface area contributed by atoms with Crippen molar-refractivity contribution in [2.24, 2.45) is 11.7 Å². The lowest BCUT2D eigenvalue weighted by Crippen LogP contribution is -2.44. The molecule has 100 valence electrons. The monoisotopic (exact) mass is 242 g/mol. The van der Waals surface area contributed by atoms with E-state index < -0.39 is 0 Å². The summed E-state index contributed by atoms with van der Waals surface area (Å²) >= 11 is 0. The zero-order valence-electron chi connectivity index (χ0n) is 11.1. The van der Waals surface area contributed by atoms with Crippen LogP contribution >= 0.6 is 0 Å². The van der Waals surface area contributed by atoms with E-state index in [0.717, 1.165) is 32.1 Å². The minimum atomic E-state index is -0.347. The second-order valence-electron chi connectivity index (χ2n) is 4.91. The topological polar surface area (TPSA) is 64.3 Å². The zero-order chi connectivity index (χ0) is 12.7. The molecule has 3 unspecified atom stereocenters. The molecule has 1 fully saturated rings. The molecule has 3 N–H and O–H groups in total. The predicted molar refractivity (Wildman–Crippen MR) is 68.6 cm³/mol. The molecular formula is C13H26N2O2. The molecule has 0 bridgehead atoms. The zero-order valence-corrected chi connectivity index (χ0v) is 11.1. The van der Waals surface area contributed by atoms with Gasteiger partial charge in [-0.25, -0.2) is 0 Å². The highest BCUT2D eigenvalue weighted by Gasteiger charge is 2.28. The number of hydrogen-bond donors (Lipinski definition) is 2. The van der Waals surface area contributed by atoms with Gasteiger partial charge in [0.2, 0.25) is 5.91 Å². The Kier molecular flexibility index (Phi) is 6.52. The lowest BCUT2D eigenvalue weighted by Gasteiger charge is -2.21. The average Bonchev–Trinajstić information content (AvgIpc) is 2.76. The Hall–Kier alpha value is -0.610. The molecule has 0 aliphatic heterocycles. The fourth-order valence-electron chi connectivity index (χ4n) is 2.29. The van der Waals surface area contributed by atoms with E-state index in [2.05, 4.69) is 12.2 Å². The SMILES string of the molecule is CCCCOC(C)C(=O)NC1CCCC1CN. The van der Waals surface area contributed by atoms with E-state index in [1.807, 2.05) is 6.92 Å². The van der Waals surface area contributed by atoms with Crippen LogP contribution < -0.4 is 11.1 Å². The molecule has 0 aromatic heterocycles. The summed E-state index contributed by atoms with van der Waals surface area (Å²) in [6, 6.07) is 0.254. The fraction of sp³-hybridized carbons (Fsp3) is 0.923. The van der Waals surface area contributed by atoms with Crippen LogP contribution in [0.5, 0.6) is 0 Å². The lowest BCUT2D eigenvalue weighted by molar-refractivity contribution is -0.132. The first-order chi connectivity index (χ1) is 8.19. The van der Waals surface area contributed by atoms with Gasteiger partial charge in [-0.2, -0.15) is 0 Å². The number of ether oxygens (including phenoxy) is 1. The first kappa shape index (κ1) is 14.5. The van der Waals surface area contributed by atoms with E-state index in [1.165, 1.54) is 0 Å². The van der Waals surface area contributed by atoms with Gasteiger partial charge in [0, 0.05) is 12.6 Å². The molecule has 3 atom stereocenters. The van der Waals surface area contributed by atoms with Crippen LogP contribution in [0.4, 0.5) is 0 Å². The molecule has 0 spiro atoms. The normalized spacial score (nSPS) is 25.8. The van der Waals surface area contributed by atoms with Crippen LogP contribution in [0.15, 0.2) is 0 Å². The Morgan fingerprint density at radius 2 is 2.29 bits per heavy atom. The van der Waals surface area contributed by atoms with E-state index in [9.17, 15) is 4.79 Å². The molecule has 1 amide bonds. The third-order valence-electron chi connectivity index (χ3n) is 3.52. The summed E-state index contributed by atoms with van der Waals surface area (Å²) in [5.41, 5.74) is 5.69. The number of unbranched alkanes of at least 4 members (excludes halogenated alkanes) is 1. The van der Waals surface area contributed by atoms with Gasteiger partial charge in [0.05, 0.1) is 0 Å². The second-order valence-corrected chi connectivity index (χ2v) is 4.91. The summed E-state index contributed by atoms with van der Waals surface area (Å²) < 4.78 is 5.48. The number of nitrogens with one attached hydrogen (secondary N) is 1. The second kappa shape index (κ2) is 7.67. The maximum atomic E-state index is 11.9. The largest absolute Gasteiger partial charge is 0.369 e. The molecule has 1 aliphatic carbocycles. The van der Waals surface area contributed by atoms with E-state index >= 15 is 0 Å². The van der Waals surface area contributed by atoms with Gasteiger partial charge in [-0.05, 0) is 38.6 Å². The smallest absolute Gasteiger partial charge is 0.249 e. The number of rotatable bonds is 7. The summed E-state index contributed by atoms with van der Waals surface area (Å²) in [6.07, 6.45) is 5.10. The van der Waals surface area contributed by atoms with Gasteiger partial charge >= 0.3 is 0 Å². The van der Waals surface area contributed by atoms with Crippen molar-refractivity contribution in [3.05, 3.63) is 0 Å². The van der Waals surface area contributed by atoms with E-state index in [1.54, 1.807) is 0 Å². The van der Waals surface area contributed by atoms with Crippen LogP contribution in [0, 0.1) is 5.92 Å². The Balaban J connectivity index is 2.27. The van der Waals surface area contributed by atoms with Crippen LogP contribution in [0.25, 0.3) is 0 Å². The van der Waals surface area contributed by atoms with Gasteiger partial charge in [-0.15, -0.1) is 0 Å². The molecule has 0 radical (unpaired) electrons. The molecular weight excluding hydrogens is 216 g/mol. The molecule has 4 nitrogen and oxygen atoms in total. The minimum Gasteiger partial charge on any atom is -0.369 e. The maximum Gasteiger partial charge on any atom is 0.249 e. The third kappa shape index (κ3) is 4.64. The van der Waals surface area contributed by atoms with Gasteiger partial charge < -0.3 is 15.8 Å². The third-order valence-corrected chi connectivity index (χ3v) is 3.52. The molecule has 17 heavy (non-hydrogen) atoms.